The van der Waals surface area contributed by atoms with Gasteiger partial charge in [-0.15, -0.1) is 0 Å². The van der Waals surface area contributed by atoms with E-state index in [0.29, 0.717) is 12.3 Å². The lowest BCUT2D eigenvalue weighted by Crippen LogP contribution is -2.27. The summed E-state index contributed by atoms with van der Waals surface area (Å²) in [5, 5.41) is 6.00. The molecular weight excluding hydrogens is 236 g/mol. The van der Waals surface area contributed by atoms with Gasteiger partial charge in [-0.2, -0.15) is 0 Å². The van der Waals surface area contributed by atoms with E-state index in [2.05, 4.69) is 48.7 Å². The third kappa shape index (κ3) is 6.97. The van der Waals surface area contributed by atoms with Crippen LogP contribution in [0.5, 0.6) is 0 Å². The second-order valence-corrected chi connectivity index (χ2v) is 5.40. The Labute approximate surface area is 116 Å². The third-order valence-electron chi connectivity index (χ3n) is 2.96. The molecule has 106 valence electrons. The molecule has 1 aromatic rings. The van der Waals surface area contributed by atoms with Gasteiger partial charge in [-0.1, -0.05) is 38.1 Å². The zero-order chi connectivity index (χ0) is 14.1. The number of nitrogens with one attached hydrogen (secondary N) is 2. The summed E-state index contributed by atoms with van der Waals surface area (Å²) in [5.74, 6) is 0.772. The first kappa shape index (κ1) is 15.7. The van der Waals surface area contributed by atoms with Gasteiger partial charge < -0.3 is 10.6 Å². The average Bonchev–Trinajstić information content (AvgIpc) is 2.36. The van der Waals surface area contributed by atoms with Crippen LogP contribution in [0.3, 0.4) is 0 Å². The average molecular weight is 262 g/mol. The van der Waals surface area contributed by atoms with Gasteiger partial charge in [0, 0.05) is 6.54 Å². The highest BCUT2D eigenvalue weighted by Crippen LogP contribution is 2.10. The molecule has 0 unspecified atom stereocenters. The highest BCUT2D eigenvalue weighted by molar-refractivity contribution is 5.78. The maximum absolute atomic E-state index is 11.7. The molecule has 0 spiro atoms. The van der Waals surface area contributed by atoms with Crippen LogP contribution in [0.1, 0.15) is 31.4 Å². The van der Waals surface area contributed by atoms with Gasteiger partial charge >= 0.3 is 0 Å². The number of hydrogen-bond acceptors (Lipinski definition) is 2. The van der Waals surface area contributed by atoms with Crippen molar-refractivity contribution < 1.29 is 4.79 Å². The van der Waals surface area contributed by atoms with Crippen LogP contribution in [0.2, 0.25) is 0 Å². The molecule has 0 bridgehead atoms. The number of amides is 1. The topological polar surface area (TPSA) is 41.1 Å². The van der Waals surface area contributed by atoms with Crippen molar-refractivity contribution in [2.24, 2.45) is 5.92 Å². The molecule has 1 rings (SSSR count). The minimum atomic E-state index is 0.104. The van der Waals surface area contributed by atoms with Gasteiger partial charge in [-0.3, -0.25) is 4.79 Å². The van der Waals surface area contributed by atoms with E-state index in [1.165, 1.54) is 5.56 Å². The molecule has 0 atom stereocenters. The summed E-state index contributed by atoms with van der Waals surface area (Å²) in [4.78, 5) is 11.7. The summed E-state index contributed by atoms with van der Waals surface area (Å²) in [6.45, 7) is 6.11. The molecule has 0 aromatic heterocycles. The van der Waals surface area contributed by atoms with E-state index in [1.54, 1.807) is 0 Å². The van der Waals surface area contributed by atoms with Crippen molar-refractivity contribution in [1.82, 2.24) is 10.6 Å². The minimum Gasteiger partial charge on any atom is -0.356 e. The number of rotatable bonds is 8. The normalized spacial score (nSPS) is 10.7. The minimum absolute atomic E-state index is 0.104. The summed E-state index contributed by atoms with van der Waals surface area (Å²) in [5.41, 5.74) is 2.42. The summed E-state index contributed by atoms with van der Waals surface area (Å²) in [7, 11) is 1.92. The lowest BCUT2D eigenvalue weighted by Gasteiger charge is -2.07. The first-order valence-electron chi connectivity index (χ1n) is 7.11. The van der Waals surface area contributed by atoms with Crippen LogP contribution in [-0.4, -0.2) is 26.0 Å². The van der Waals surface area contributed by atoms with Crippen molar-refractivity contribution in [3.8, 4) is 0 Å². The van der Waals surface area contributed by atoms with E-state index in [1.807, 2.05) is 7.05 Å². The number of hydrogen-bond donors (Lipinski definition) is 2. The molecule has 3 nitrogen and oxygen atoms in total. The van der Waals surface area contributed by atoms with Crippen molar-refractivity contribution in [2.75, 3.05) is 20.1 Å². The predicted octanol–water partition coefficient (Wildman–Crippen LogP) is 2.15. The van der Waals surface area contributed by atoms with Crippen molar-refractivity contribution in [3.05, 3.63) is 35.4 Å². The molecule has 0 aliphatic heterocycles. The molecule has 2 N–H and O–H groups in total. The van der Waals surface area contributed by atoms with E-state index in [4.69, 9.17) is 0 Å². The Kier molecular flexibility index (Phi) is 7.19. The number of carbonyl (C=O) groups is 1. The quantitative estimate of drug-likeness (QED) is 0.705. The molecule has 0 fully saturated rings. The van der Waals surface area contributed by atoms with Crippen molar-refractivity contribution in [1.29, 1.82) is 0 Å². The lowest BCUT2D eigenvalue weighted by atomic mass is 10.0. The fraction of sp³-hybridized carbons (Fsp3) is 0.562. The molecule has 1 aromatic carbocycles. The summed E-state index contributed by atoms with van der Waals surface area (Å²) in [6.07, 6.45) is 2.54. The van der Waals surface area contributed by atoms with Gasteiger partial charge in [0.25, 0.3) is 0 Å². The predicted molar refractivity (Wildman–Crippen MR) is 80.2 cm³/mol. The lowest BCUT2D eigenvalue weighted by molar-refractivity contribution is -0.120. The summed E-state index contributed by atoms with van der Waals surface area (Å²) >= 11 is 0. The fourth-order valence-corrected chi connectivity index (χ4v) is 2.01. The number of benzene rings is 1. The Morgan fingerprint density at radius 2 is 1.74 bits per heavy atom. The largest absolute Gasteiger partial charge is 0.356 e. The van der Waals surface area contributed by atoms with E-state index in [-0.39, 0.29) is 5.91 Å². The van der Waals surface area contributed by atoms with Crippen molar-refractivity contribution in [3.63, 3.8) is 0 Å². The highest BCUT2D eigenvalue weighted by atomic mass is 16.1. The fourth-order valence-electron chi connectivity index (χ4n) is 2.01. The molecule has 0 aliphatic carbocycles. The molecule has 0 heterocycles. The van der Waals surface area contributed by atoms with Crippen LogP contribution < -0.4 is 10.6 Å². The highest BCUT2D eigenvalue weighted by Gasteiger charge is 2.03. The van der Waals surface area contributed by atoms with E-state index in [9.17, 15) is 4.79 Å². The Bertz CT molecular complexity index is 371. The van der Waals surface area contributed by atoms with Gasteiger partial charge in [-0.25, -0.2) is 0 Å². The van der Waals surface area contributed by atoms with Gasteiger partial charge in [0.15, 0.2) is 0 Å². The van der Waals surface area contributed by atoms with Crippen molar-refractivity contribution >= 4 is 5.91 Å². The Morgan fingerprint density at radius 1 is 1.11 bits per heavy atom. The zero-order valence-electron chi connectivity index (χ0n) is 12.3. The first-order chi connectivity index (χ1) is 9.11. The monoisotopic (exact) mass is 262 g/mol. The smallest absolute Gasteiger partial charge is 0.224 e. The van der Waals surface area contributed by atoms with Crippen LogP contribution in [0.25, 0.3) is 0 Å². The van der Waals surface area contributed by atoms with Crippen molar-refractivity contribution in [2.45, 2.75) is 33.1 Å². The van der Waals surface area contributed by atoms with Crippen LogP contribution >= 0.6 is 0 Å². The van der Waals surface area contributed by atoms with Crippen LogP contribution in [0.4, 0.5) is 0 Å². The maximum atomic E-state index is 11.7. The Hall–Kier alpha value is -1.35. The van der Waals surface area contributed by atoms with Gasteiger partial charge in [0.1, 0.15) is 0 Å². The molecular formula is C16H26N2O. The van der Waals surface area contributed by atoms with Gasteiger partial charge in [0.05, 0.1) is 6.42 Å². The first-order valence-corrected chi connectivity index (χ1v) is 7.11. The molecule has 1 amide bonds. The summed E-state index contributed by atoms with van der Waals surface area (Å²) in [6, 6.07) is 8.38. The molecule has 19 heavy (non-hydrogen) atoms. The van der Waals surface area contributed by atoms with Crippen LogP contribution in [0, 0.1) is 5.92 Å². The van der Waals surface area contributed by atoms with E-state index < -0.39 is 0 Å². The second kappa shape index (κ2) is 8.70. The SMILES string of the molecule is CNCCCNC(=O)Cc1ccc(CC(C)C)cc1. The van der Waals surface area contributed by atoms with Gasteiger partial charge in [0.2, 0.25) is 5.91 Å². The zero-order valence-corrected chi connectivity index (χ0v) is 12.3. The van der Waals surface area contributed by atoms with Gasteiger partial charge in [-0.05, 0) is 43.5 Å². The maximum Gasteiger partial charge on any atom is 0.224 e. The van der Waals surface area contributed by atoms with E-state index in [0.717, 1.165) is 31.5 Å². The molecule has 0 aliphatic rings. The van der Waals surface area contributed by atoms with Crippen LogP contribution in [0.15, 0.2) is 24.3 Å². The molecule has 0 radical (unpaired) electrons. The van der Waals surface area contributed by atoms with Crippen LogP contribution in [-0.2, 0) is 17.6 Å². The molecule has 0 saturated carbocycles. The standard InChI is InChI=1S/C16H26N2O/c1-13(2)11-14-5-7-15(8-6-14)12-16(19)18-10-4-9-17-3/h5-8,13,17H,4,9-12H2,1-3H3,(H,18,19). The van der Waals surface area contributed by atoms with E-state index >= 15 is 0 Å². The third-order valence-corrected chi connectivity index (χ3v) is 2.96. The Balaban J connectivity index is 2.34. The summed E-state index contributed by atoms with van der Waals surface area (Å²) < 4.78 is 0. The number of carbonyl (C=O) groups excluding carboxylic acids is 1. The Morgan fingerprint density at radius 3 is 2.32 bits per heavy atom. The molecule has 0 saturated heterocycles. The molecule has 3 heteroatoms. The second-order valence-electron chi connectivity index (χ2n) is 5.40.